The molecular weight excluding hydrogens is 275 g/mol. The van der Waals surface area contributed by atoms with Crippen LogP contribution < -0.4 is 0 Å². The van der Waals surface area contributed by atoms with Crippen LogP contribution in [0.5, 0.6) is 0 Å². The summed E-state index contributed by atoms with van der Waals surface area (Å²) in [6, 6.07) is 5.24. The number of benzene rings is 1. The van der Waals surface area contributed by atoms with Gasteiger partial charge in [-0.3, -0.25) is 4.79 Å². The highest BCUT2D eigenvalue weighted by Gasteiger charge is 2.20. The van der Waals surface area contributed by atoms with Crippen LogP contribution in [0.3, 0.4) is 0 Å². The van der Waals surface area contributed by atoms with Gasteiger partial charge in [0.15, 0.2) is 5.78 Å². The smallest absolute Gasteiger partial charge is 0.164 e. The molecule has 0 unspecified atom stereocenters. The van der Waals surface area contributed by atoms with E-state index in [0.29, 0.717) is 27.9 Å². The number of ketones is 1. The molecule has 2 rings (SSSR count). The lowest BCUT2D eigenvalue weighted by molar-refractivity contribution is 0.0959. The van der Waals surface area contributed by atoms with Crippen molar-refractivity contribution in [2.45, 2.75) is 19.3 Å². The predicted molar refractivity (Wildman–Crippen MR) is 75.5 cm³/mol. The highest BCUT2D eigenvalue weighted by molar-refractivity contribution is 7.99. The Bertz CT molecular complexity index is 414. The number of hydrogen-bond acceptors (Lipinski definition) is 2. The molecule has 0 N–H and O–H groups in total. The molecule has 1 saturated heterocycles. The Kier molecular flexibility index (Phi) is 4.78. The Hall–Kier alpha value is -0.180. The van der Waals surface area contributed by atoms with E-state index in [9.17, 15) is 4.79 Å². The van der Waals surface area contributed by atoms with Crippen LogP contribution in [0.25, 0.3) is 0 Å². The highest BCUT2D eigenvalue weighted by atomic mass is 35.5. The maximum Gasteiger partial charge on any atom is 0.164 e. The third-order valence-corrected chi connectivity index (χ3v) is 4.93. The van der Waals surface area contributed by atoms with Gasteiger partial charge in [0.1, 0.15) is 0 Å². The topological polar surface area (TPSA) is 17.1 Å². The first-order chi connectivity index (χ1) is 8.18. The molecule has 1 aromatic rings. The van der Waals surface area contributed by atoms with Gasteiger partial charge in [0, 0.05) is 12.0 Å². The van der Waals surface area contributed by atoms with E-state index in [2.05, 4.69) is 0 Å². The molecule has 1 aliphatic heterocycles. The van der Waals surface area contributed by atoms with Gasteiger partial charge in [0.05, 0.1) is 10.0 Å². The molecular formula is C13H14Cl2OS. The average molecular weight is 289 g/mol. The zero-order valence-corrected chi connectivity index (χ0v) is 11.7. The lowest BCUT2D eigenvalue weighted by Crippen LogP contribution is -2.14. The largest absolute Gasteiger partial charge is 0.294 e. The molecule has 0 bridgehead atoms. The van der Waals surface area contributed by atoms with E-state index in [-0.39, 0.29) is 5.78 Å². The van der Waals surface area contributed by atoms with Gasteiger partial charge in [-0.25, -0.2) is 0 Å². The Morgan fingerprint density at radius 2 is 2.00 bits per heavy atom. The summed E-state index contributed by atoms with van der Waals surface area (Å²) in [5.74, 6) is 2.97. The van der Waals surface area contributed by atoms with Crippen LogP contribution in [0.4, 0.5) is 0 Å². The minimum absolute atomic E-state index is 0.120. The Labute approximate surface area is 116 Å². The van der Waals surface area contributed by atoms with Crippen molar-refractivity contribution in [1.82, 2.24) is 0 Å². The lowest BCUT2D eigenvalue weighted by atomic mass is 9.93. The number of thioether (sulfide) groups is 1. The van der Waals surface area contributed by atoms with Crippen molar-refractivity contribution in [3.05, 3.63) is 33.8 Å². The van der Waals surface area contributed by atoms with Crippen LogP contribution >= 0.6 is 35.0 Å². The standard InChI is InChI=1S/C13H14Cl2OS/c14-11-3-1-2-10(13(11)15)12(16)8-9-4-6-17-7-5-9/h1-3,9H,4-8H2. The van der Waals surface area contributed by atoms with Gasteiger partial charge in [-0.1, -0.05) is 29.3 Å². The zero-order chi connectivity index (χ0) is 12.3. The van der Waals surface area contributed by atoms with Crippen LogP contribution in [-0.4, -0.2) is 17.3 Å². The van der Waals surface area contributed by atoms with Gasteiger partial charge < -0.3 is 0 Å². The molecule has 1 aliphatic rings. The maximum atomic E-state index is 12.1. The second-order valence-corrected chi connectivity index (χ2v) is 6.29. The molecule has 0 saturated carbocycles. The fraction of sp³-hybridized carbons (Fsp3) is 0.462. The summed E-state index contributed by atoms with van der Waals surface area (Å²) in [6.45, 7) is 0. The number of carbonyl (C=O) groups excluding carboxylic acids is 1. The van der Waals surface area contributed by atoms with Gasteiger partial charge in [0.25, 0.3) is 0 Å². The lowest BCUT2D eigenvalue weighted by Gasteiger charge is -2.20. The van der Waals surface area contributed by atoms with E-state index in [1.54, 1.807) is 18.2 Å². The monoisotopic (exact) mass is 288 g/mol. The molecule has 1 nitrogen and oxygen atoms in total. The van der Waals surface area contributed by atoms with E-state index in [4.69, 9.17) is 23.2 Å². The Balaban J connectivity index is 2.06. The summed E-state index contributed by atoms with van der Waals surface area (Å²) in [5, 5.41) is 0.848. The third-order valence-electron chi connectivity index (χ3n) is 3.07. The summed E-state index contributed by atoms with van der Waals surface area (Å²) in [4.78, 5) is 12.1. The second-order valence-electron chi connectivity index (χ2n) is 4.28. The first kappa shape index (κ1) is 13.3. The van der Waals surface area contributed by atoms with E-state index in [1.807, 2.05) is 11.8 Å². The molecule has 1 fully saturated rings. The first-order valence-corrected chi connectivity index (χ1v) is 7.64. The first-order valence-electron chi connectivity index (χ1n) is 5.73. The minimum atomic E-state index is 0.120. The molecule has 4 heteroatoms. The van der Waals surface area contributed by atoms with Gasteiger partial charge in [-0.15, -0.1) is 0 Å². The summed E-state index contributed by atoms with van der Waals surface area (Å²) in [6.07, 6.45) is 2.86. The summed E-state index contributed by atoms with van der Waals surface area (Å²) in [5.41, 5.74) is 0.567. The maximum absolute atomic E-state index is 12.1. The summed E-state index contributed by atoms with van der Waals surface area (Å²) in [7, 11) is 0. The van der Waals surface area contributed by atoms with Crippen LogP contribution in [-0.2, 0) is 0 Å². The van der Waals surface area contributed by atoms with Crippen molar-refractivity contribution in [3.8, 4) is 0 Å². The number of hydrogen-bond donors (Lipinski definition) is 0. The zero-order valence-electron chi connectivity index (χ0n) is 9.42. The number of halogens is 2. The SMILES string of the molecule is O=C(CC1CCSCC1)c1cccc(Cl)c1Cl. The van der Waals surface area contributed by atoms with E-state index < -0.39 is 0 Å². The molecule has 92 valence electrons. The summed E-state index contributed by atoms with van der Waals surface area (Å²) >= 11 is 13.9. The molecule has 1 aromatic carbocycles. The van der Waals surface area contributed by atoms with Crippen LogP contribution in [0.1, 0.15) is 29.6 Å². The second kappa shape index (κ2) is 6.12. The van der Waals surface area contributed by atoms with E-state index in [0.717, 1.165) is 12.8 Å². The number of Topliss-reactive ketones (excluding diaryl/α,β-unsaturated/α-hetero) is 1. The number of rotatable bonds is 3. The van der Waals surface area contributed by atoms with Gasteiger partial charge in [0.2, 0.25) is 0 Å². The van der Waals surface area contributed by atoms with Crippen LogP contribution in [0.2, 0.25) is 10.0 Å². The van der Waals surface area contributed by atoms with Crippen molar-refractivity contribution in [2.75, 3.05) is 11.5 Å². The third kappa shape index (κ3) is 3.40. The quantitative estimate of drug-likeness (QED) is 0.750. The molecule has 0 spiro atoms. The molecule has 0 atom stereocenters. The molecule has 0 aliphatic carbocycles. The van der Waals surface area contributed by atoms with Crippen molar-refractivity contribution >= 4 is 40.7 Å². The molecule has 0 amide bonds. The molecule has 0 radical (unpaired) electrons. The minimum Gasteiger partial charge on any atom is -0.294 e. The molecule has 17 heavy (non-hydrogen) atoms. The average Bonchev–Trinajstić information content (AvgIpc) is 2.34. The van der Waals surface area contributed by atoms with Gasteiger partial charge in [-0.2, -0.15) is 11.8 Å². The molecule has 1 heterocycles. The Morgan fingerprint density at radius 3 is 2.71 bits per heavy atom. The van der Waals surface area contributed by atoms with Crippen LogP contribution in [0, 0.1) is 5.92 Å². The predicted octanol–water partition coefficient (Wildman–Crippen LogP) is 4.71. The molecule has 0 aromatic heterocycles. The summed E-state index contributed by atoms with van der Waals surface area (Å²) < 4.78 is 0. The fourth-order valence-corrected chi connectivity index (χ4v) is 3.65. The van der Waals surface area contributed by atoms with Crippen molar-refractivity contribution in [3.63, 3.8) is 0 Å². The van der Waals surface area contributed by atoms with Crippen molar-refractivity contribution in [1.29, 1.82) is 0 Å². The van der Waals surface area contributed by atoms with E-state index >= 15 is 0 Å². The highest BCUT2D eigenvalue weighted by Crippen LogP contribution is 2.30. The van der Waals surface area contributed by atoms with Gasteiger partial charge in [-0.05, 0) is 42.4 Å². The van der Waals surface area contributed by atoms with Gasteiger partial charge >= 0.3 is 0 Å². The van der Waals surface area contributed by atoms with Crippen molar-refractivity contribution in [2.24, 2.45) is 5.92 Å². The van der Waals surface area contributed by atoms with Crippen molar-refractivity contribution < 1.29 is 4.79 Å². The van der Waals surface area contributed by atoms with E-state index in [1.165, 1.54) is 11.5 Å². The Morgan fingerprint density at radius 1 is 1.29 bits per heavy atom. The van der Waals surface area contributed by atoms with Crippen LogP contribution in [0.15, 0.2) is 18.2 Å². The number of carbonyl (C=O) groups is 1. The normalized spacial score (nSPS) is 17.1. The fourth-order valence-electron chi connectivity index (χ4n) is 2.04.